The average Bonchev–Trinajstić information content (AvgIpc) is 2.66. The Balaban J connectivity index is 1.98. The second-order valence-corrected chi connectivity index (χ2v) is 8.14. The molecular formula is C18H21F2N3O5S. The summed E-state index contributed by atoms with van der Waals surface area (Å²) in [5, 5.41) is 5.08. The van der Waals surface area contributed by atoms with Crippen LogP contribution in [-0.2, 0) is 16.6 Å². The lowest BCUT2D eigenvalue weighted by atomic mass is 10.2. The van der Waals surface area contributed by atoms with E-state index in [-0.39, 0.29) is 28.6 Å². The average molecular weight is 429 g/mol. The fourth-order valence-corrected chi connectivity index (χ4v) is 3.19. The first kappa shape index (κ1) is 22.4. The van der Waals surface area contributed by atoms with Crippen molar-refractivity contribution in [2.24, 2.45) is 0 Å². The van der Waals surface area contributed by atoms with E-state index in [1.165, 1.54) is 51.5 Å². The summed E-state index contributed by atoms with van der Waals surface area (Å²) in [7, 11) is 0.655. The molecule has 0 radical (unpaired) electrons. The summed E-state index contributed by atoms with van der Waals surface area (Å²) in [5.74, 6) is -0.109. The summed E-state index contributed by atoms with van der Waals surface area (Å²) < 4.78 is 59.4. The number of carbonyl (C=O) groups excluding carboxylic acids is 1. The Morgan fingerprint density at radius 2 is 1.76 bits per heavy atom. The number of nitrogens with zero attached hydrogens (tertiary/aromatic N) is 1. The number of amides is 2. The van der Waals surface area contributed by atoms with Crippen molar-refractivity contribution in [1.82, 2.24) is 9.62 Å². The minimum atomic E-state index is -3.53. The first-order chi connectivity index (χ1) is 13.6. The minimum absolute atomic E-state index is 0.101. The van der Waals surface area contributed by atoms with Crippen molar-refractivity contribution in [3.05, 3.63) is 48.0 Å². The van der Waals surface area contributed by atoms with Gasteiger partial charge in [-0.05, 0) is 29.8 Å². The Kier molecular flexibility index (Phi) is 7.35. The Morgan fingerprint density at radius 3 is 2.31 bits per heavy atom. The largest absolute Gasteiger partial charge is 0.493 e. The molecule has 0 aromatic heterocycles. The molecule has 0 atom stereocenters. The number of ether oxygens (including phenoxy) is 2. The van der Waals surface area contributed by atoms with Crippen LogP contribution in [0.15, 0.2) is 47.4 Å². The van der Waals surface area contributed by atoms with E-state index >= 15 is 0 Å². The molecule has 0 heterocycles. The van der Waals surface area contributed by atoms with Gasteiger partial charge < -0.3 is 20.1 Å². The van der Waals surface area contributed by atoms with Crippen LogP contribution in [0.5, 0.6) is 11.5 Å². The molecule has 0 fully saturated rings. The number of hydrogen-bond acceptors (Lipinski definition) is 5. The first-order valence-corrected chi connectivity index (χ1v) is 9.76. The van der Waals surface area contributed by atoms with Crippen molar-refractivity contribution in [2.45, 2.75) is 18.1 Å². The predicted octanol–water partition coefficient (Wildman–Crippen LogP) is 2.87. The van der Waals surface area contributed by atoms with Crippen LogP contribution in [0.4, 0.5) is 19.3 Å². The zero-order valence-corrected chi connectivity index (χ0v) is 16.8. The summed E-state index contributed by atoms with van der Waals surface area (Å²) in [6, 6.07) is 9.55. The van der Waals surface area contributed by atoms with Gasteiger partial charge in [0.1, 0.15) is 0 Å². The number of carbonyl (C=O) groups is 1. The maximum absolute atomic E-state index is 12.5. The number of hydrogen-bond donors (Lipinski definition) is 2. The summed E-state index contributed by atoms with van der Waals surface area (Å²) in [6.07, 6.45) is 0. The van der Waals surface area contributed by atoms with Crippen LogP contribution in [0.1, 0.15) is 5.56 Å². The van der Waals surface area contributed by atoms with E-state index in [4.69, 9.17) is 4.74 Å². The van der Waals surface area contributed by atoms with Gasteiger partial charge in [0.15, 0.2) is 11.5 Å². The van der Waals surface area contributed by atoms with Gasteiger partial charge in [0.05, 0.1) is 12.0 Å². The molecule has 2 aromatic rings. The number of benzene rings is 2. The van der Waals surface area contributed by atoms with E-state index in [1.807, 2.05) is 0 Å². The number of anilines is 1. The van der Waals surface area contributed by atoms with Crippen LogP contribution < -0.4 is 20.1 Å². The van der Waals surface area contributed by atoms with Gasteiger partial charge in [-0.1, -0.05) is 12.1 Å². The number of halogens is 2. The fraction of sp³-hybridized carbons (Fsp3) is 0.278. The number of sulfonamides is 1. The molecule has 2 aromatic carbocycles. The highest BCUT2D eigenvalue weighted by Gasteiger charge is 2.16. The predicted molar refractivity (Wildman–Crippen MR) is 103 cm³/mol. The monoisotopic (exact) mass is 429 g/mol. The van der Waals surface area contributed by atoms with Crippen LogP contribution in [0.25, 0.3) is 0 Å². The molecular weight excluding hydrogens is 408 g/mol. The Morgan fingerprint density at radius 1 is 1.10 bits per heavy atom. The maximum atomic E-state index is 12.5. The highest BCUT2D eigenvalue weighted by molar-refractivity contribution is 7.89. The Hall–Kier alpha value is -2.92. The molecule has 2 rings (SSSR count). The molecule has 2 amide bonds. The fourth-order valence-electron chi connectivity index (χ4n) is 2.29. The number of nitrogens with one attached hydrogen (secondary N) is 2. The lowest BCUT2D eigenvalue weighted by Gasteiger charge is -2.13. The summed E-state index contributed by atoms with van der Waals surface area (Å²) in [4.78, 5) is 12.2. The molecule has 2 N–H and O–H groups in total. The molecule has 11 heteroatoms. The molecule has 0 aliphatic heterocycles. The topological polar surface area (TPSA) is 97.0 Å². The van der Waals surface area contributed by atoms with Gasteiger partial charge in [0.25, 0.3) is 0 Å². The molecule has 0 saturated carbocycles. The van der Waals surface area contributed by atoms with E-state index in [0.717, 1.165) is 4.31 Å². The van der Waals surface area contributed by atoms with Crippen molar-refractivity contribution < 1.29 is 31.5 Å². The lowest BCUT2D eigenvalue weighted by molar-refractivity contribution is -0.0511. The smallest absolute Gasteiger partial charge is 0.387 e. The quantitative estimate of drug-likeness (QED) is 0.673. The minimum Gasteiger partial charge on any atom is -0.493 e. The molecule has 0 unspecified atom stereocenters. The SMILES string of the molecule is COc1ccc(NC(=O)NCc2ccc(S(=O)(=O)N(C)C)cc2)cc1OC(F)F. The summed E-state index contributed by atoms with van der Waals surface area (Å²) in [6.45, 7) is -2.91. The Bertz CT molecular complexity index is 950. The van der Waals surface area contributed by atoms with E-state index in [2.05, 4.69) is 15.4 Å². The number of urea groups is 1. The van der Waals surface area contributed by atoms with Crippen LogP contribution in [-0.4, -0.2) is 46.6 Å². The normalized spacial score (nSPS) is 11.4. The third-order valence-electron chi connectivity index (χ3n) is 3.79. The van der Waals surface area contributed by atoms with Crippen molar-refractivity contribution in [3.8, 4) is 11.5 Å². The van der Waals surface area contributed by atoms with Crippen molar-refractivity contribution in [2.75, 3.05) is 26.5 Å². The third-order valence-corrected chi connectivity index (χ3v) is 5.62. The number of methoxy groups -OCH3 is 1. The highest BCUT2D eigenvalue weighted by Crippen LogP contribution is 2.31. The molecule has 8 nitrogen and oxygen atoms in total. The molecule has 0 aliphatic rings. The van der Waals surface area contributed by atoms with Gasteiger partial charge >= 0.3 is 12.6 Å². The van der Waals surface area contributed by atoms with Crippen LogP contribution in [0, 0.1) is 0 Å². The maximum Gasteiger partial charge on any atom is 0.387 e. The number of alkyl halides is 2. The number of rotatable bonds is 8. The van der Waals surface area contributed by atoms with Gasteiger partial charge in [-0.2, -0.15) is 8.78 Å². The van der Waals surface area contributed by atoms with E-state index < -0.39 is 22.7 Å². The first-order valence-electron chi connectivity index (χ1n) is 8.32. The molecule has 29 heavy (non-hydrogen) atoms. The lowest BCUT2D eigenvalue weighted by Crippen LogP contribution is -2.28. The van der Waals surface area contributed by atoms with Gasteiger partial charge in [-0.15, -0.1) is 0 Å². The third kappa shape index (κ3) is 6.03. The van der Waals surface area contributed by atoms with Crippen LogP contribution in [0.3, 0.4) is 0 Å². The molecule has 0 bridgehead atoms. The molecule has 0 saturated heterocycles. The van der Waals surface area contributed by atoms with E-state index in [0.29, 0.717) is 5.56 Å². The van der Waals surface area contributed by atoms with Gasteiger partial charge in [0.2, 0.25) is 10.0 Å². The van der Waals surface area contributed by atoms with Crippen molar-refractivity contribution >= 4 is 21.7 Å². The zero-order valence-electron chi connectivity index (χ0n) is 16.0. The van der Waals surface area contributed by atoms with Gasteiger partial charge in [-0.3, -0.25) is 0 Å². The van der Waals surface area contributed by atoms with E-state index in [9.17, 15) is 22.0 Å². The second-order valence-electron chi connectivity index (χ2n) is 5.98. The Labute approximate surface area is 167 Å². The van der Waals surface area contributed by atoms with Crippen LogP contribution >= 0.6 is 0 Å². The van der Waals surface area contributed by atoms with Crippen molar-refractivity contribution in [1.29, 1.82) is 0 Å². The molecule has 0 spiro atoms. The summed E-state index contributed by atoms with van der Waals surface area (Å²) >= 11 is 0. The molecule has 0 aliphatic carbocycles. The standard InChI is InChI=1S/C18H21F2N3O5S/c1-23(2)29(25,26)14-7-4-12(5-8-14)11-21-18(24)22-13-6-9-15(27-3)16(10-13)28-17(19)20/h4-10,17H,11H2,1-3H3,(H2,21,22,24). The molecule has 158 valence electrons. The van der Waals surface area contributed by atoms with Crippen molar-refractivity contribution in [3.63, 3.8) is 0 Å². The van der Waals surface area contributed by atoms with E-state index in [1.54, 1.807) is 12.1 Å². The zero-order chi connectivity index (χ0) is 21.6. The van der Waals surface area contributed by atoms with Gasteiger partial charge in [0, 0.05) is 32.4 Å². The second kappa shape index (κ2) is 9.52. The van der Waals surface area contributed by atoms with Gasteiger partial charge in [-0.25, -0.2) is 17.5 Å². The summed E-state index contributed by atoms with van der Waals surface area (Å²) in [5.41, 5.74) is 0.903. The van der Waals surface area contributed by atoms with Crippen LogP contribution in [0.2, 0.25) is 0 Å². The highest BCUT2D eigenvalue weighted by atomic mass is 32.2.